The van der Waals surface area contributed by atoms with Gasteiger partial charge in [-0.2, -0.15) is 0 Å². The maximum Gasteiger partial charge on any atom is 0.333 e. The Balaban J connectivity index is 1.84. The third-order valence-corrected chi connectivity index (χ3v) is 10.9. The van der Waals surface area contributed by atoms with Crippen LogP contribution in [0.1, 0.15) is 82.9 Å². The van der Waals surface area contributed by atoms with E-state index in [1.165, 1.54) is 58.2 Å². The maximum absolute atomic E-state index is 14.4. The van der Waals surface area contributed by atoms with E-state index in [1.54, 1.807) is 44.2 Å². The normalized spacial score (nSPS) is 26.7. The van der Waals surface area contributed by atoms with Gasteiger partial charge in [-0.1, -0.05) is 58.0 Å². The van der Waals surface area contributed by atoms with Gasteiger partial charge in [0.25, 0.3) is 5.91 Å². The van der Waals surface area contributed by atoms with Crippen molar-refractivity contribution in [1.29, 1.82) is 0 Å². The molecule has 1 aromatic carbocycles. The monoisotopic (exact) mass is 864 g/mol. The molecule has 0 radical (unpaired) electrons. The van der Waals surface area contributed by atoms with E-state index in [4.69, 9.17) is 4.74 Å². The van der Waals surface area contributed by atoms with Gasteiger partial charge in [0.15, 0.2) is 11.7 Å². The summed E-state index contributed by atoms with van der Waals surface area (Å²) in [5, 5.41) is 29.0. The molecular weight excluding hydrogens is 805 g/mol. The SMILES string of the molecule is CC(C)C[C@H]1NC(=O)[C@@H](NC(=O)c2ncccc2O)[C@@H](C)OC(=O)[C@H](c2ccccc2)N(C)C(=O)[C@H](C)NC(=O)[C@H](CC(C)C)N(C)C(=O)CN(C)C(=O)[C@H]2C[C@@H](O)CN2C1=O. The molecule has 62 heavy (non-hydrogen) atoms. The molecule has 2 aliphatic rings. The second-order valence-electron chi connectivity index (χ2n) is 16.9. The highest BCUT2D eigenvalue weighted by Gasteiger charge is 2.45. The number of cyclic esters (lactones) is 1. The molecule has 3 heterocycles. The maximum atomic E-state index is 14.4. The lowest BCUT2D eigenvalue weighted by Gasteiger charge is -2.35. The van der Waals surface area contributed by atoms with E-state index in [0.29, 0.717) is 5.56 Å². The Kier molecular flexibility index (Phi) is 16.5. The zero-order chi connectivity index (χ0) is 46.2. The van der Waals surface area contributed by atoms with E-state index in [-0.39, 0.29) is 37.6 Å². The predicted octanol–water partition coefficient (Wildman–Crippen LogP) is 0.360. The molecule has 0 bridgehead atoms. The minimum absolute atomic E-state index is 0.0353. The number of carbonyl (C=O) groups excluding carboxylic acids is 8. The molecule has 19 nitrogen and oxygen atoms in total. The second-order valence-corrected chi connectivity index (χ2v) is 16.9. The Morgan fingerprint density at radius 1 is 0.855 bits per heavy atom. The van der Waals surface area contributed by atoms with Crippen LogP contribution >= 0.6 is 0 Å². The van der Waals surface area contributed by atoms with Crippen molar-refractivity contribution in [3.63, 3.8) is 0 Å². The summed E-state index contributed by atoms with van der Waals surface area (Å²) in [6.07, 6.45) is -1.32. The van der Waals surface area contributed by atoms with Crippen molar-refractivity contribution >= 4 is 47.3 Å². The largest absolute Gasteiger partial charge is 0.505 e. The Labute approximate surface area is 361 Å². The van der Waals surface area contributed by atoms with Crippen LogP contribution < -0.4 is 16.0 Å². The van der Waals surface area contributed by atoms with E-state index >= 15 is 0 Å². The standard InChI is InChI=1S/C43H60N8O11/c1-23(2)18-29-41(59)51-21-28(52)20-31(51)42(60)48(7)22-33(54)49(8)30(19-24(3)4)37(55)45-25(5)40(58)50(9)36(27-14-11-10-12-15-27)43(61)62-26(6)34(38(56)46-29)47-39(57)35-32(53)16-13-17-44-35/h10-17,23-26,28-31,34,36,52-53H,18-22H2,1-9H3,(H,45,55)(H,46,56)(H,47,57)/t25-,26+,28+,29+,30-,31+,34-,36-/m0/s1. The summed E-state index contributed by atoms with van der Waals surface area (Å²) in [6, 6.07) is 2.66. The fraction of sp³-hybridized carbons (Fsp3) is 0.558. The molecule has 2 fully saturated rings. The average molecular weight is 865 g/mol. The molecule has 5 N–H and O–H groups in total. The topological polar surface area (TPSA) is 248 Å². The third kappa shape index (κ3) is 11.8. The number of aliphatic hydroxyl groups excluding tert-OH is 1. The number of pyridine rings is 1. The summed E-state index contributed by atoms with van der Waals surface area (Å²) >= 11 is 0. The first-order valence-corrected chi connectivity index (χ1v) is 20.7. The molecule has 4 rings (SSSR count). The number of amides is 7. The highest BCUT2D eigenvalue weighted by atomic mass is 16.5. The van der Waals surface area contributed by atoms with Crippen LogP contribution in [0.3, 0.4) is 0 Å². The Bertz CT molecular complexity index is 1980. The van der Waals surface area contributed by atoms with Gasteiger partial charge in [0.2, 0.25) is 35.4 Å². The predicted molar refractivity (Wildman–Crippen MR) is 223 cm³/mol. The summed E-state index contributed by atoms with van der Waals surface area (Å²) in [5.74, 6) is -7.25. The zero-order valence-electron chi connectivity index (χ0n) is 36.7. The van der Waals surface area contributed by atoms with Gasteiger partial charge >= 0.3 is 5.97 Å². The lowest BCUT2D eigenvalue weighted by molar-refractivity contribution is -0.161. The van der Waals surface area contributed by atoms with Crippen molar-refractivity contribution in [2.24, 2.45) is 11.8 Å². The van der Waals surface area contributed by atoms with Crippen molar-refractivity contribution in [1.82, 2.24) is 40.5 Å². The number of benzene rings is 1. The van der Waals surface area contributed by atoms with Crippen LogP contribution in [-0.4, -0.2) is 159 Å². The summed E-state index contributed by atoms with van der Waals surface area (Å²) in [4.78, 5) is 121. The summed E-state index contributed by atoms with van der Waals surface area (Å²) in [7, 11) is 4.11. The number of nitrogens with one attached hydrogen (secondary N) is 3. The number of ether oxygens (including phenoxy) is 1. The highest BCUT2D eigenvalue weighted by molar-refractivity contribution is 6.00. The first-order valence-electron chi connectivity index (χ1n) is 20.7. The van der Waals surface area contributed by atoms with Crippen LogP contribution in [0.15, 0.2) is 48.7 Å². The van der Waals surface area contributed by atoms with Crippen molar-refractivity contribution in [2.45, 2.75) is 109 Å². The van der Waals surface area contributed by atoms with Crippen LogP contribution in [0, 0.1) is 11.8 Å². The molecule has 338 valence electrons. The van der Waals surface area contributed by atoms with E-state index < -0.39 is 114 Å². The van der Waals surface area contributed by atoms with Crippen molar-refractivity contribution in [3.8, 4) is 5.75 Å². The van der Waals surface area contributed by atoms with Crippen LogP contribution in [0.25, 0.3) is 0 Å². The number of aromatic hydroxyl groups is 1. The lowest BCUT2D eigenvalue weighted by Crippen LogP contribution is -2.60. The molecular formula is C43H60N8O11. The molecule has 2 aliphatic heterocycles. The van der Waals surface area contributed by atoms with Gasteiger partial charge in [-0.3, -0.25) is 33.6 Å². The number of esters is 1. The molecule has 8 atom stereocenters. The zero-order valence-corrected chi connectivity index (χ0v) is 36.7. The van der Waals surface area contributed by atoms with Crippen LogP contribution in [0.4, 0.5) is 0 Å². The molecule has 0 aliphatic carbocycles. The van der Waals surface area contributed by atoms with E-state index in [9.17, 15) is 48.6 Å². The van der Waals surface area contributed by atoms with Gasteiger partial charge < -0.3 is 50.5 Å². The number of hydrogen-bond donors (Lipinski definition) is 5. The molecule has 19 heteroatoms. The fourth-order valence-electron chi connectivity index (χ4n) is 7.60. The van der Waals surface area contributed by atoms with Crippen LogP contribution in [0.2, 0.25) is 0 Å². The van der Waals surface area contributed by atoms with E-state index in [1.807, 2.05) is 13.8 Å². The van der Waals surface area contributed by atoms with Crippen LogP contribution in [0.5, 0.6) is 5.75 Å². The molecule has 0 unspecified atom stereocenters. The summed E-state index contributed by atoms with van der Waals surface area (Å²) in [5.41, 5.74) is -0.143. The smallest absolute Gasteiger partial charge is 0.333 e. The van der Waals surface area contributed by atoms with Gasteiger partial charge in [0.1, 0.15) is 42.1 Å². The highest BCUT2D eigenvalue weighted by Crippen LogP contribution is 2.26. The van der Waals surface area contributed by atoms with E-state index in [0.717, 1.165) is 14.7 Å². The summed E-state index contributed by atoms with van der Waals surface area (Å²) in [6.45, 7) is 9.27. The number of carbonyl (C=O) groups is 8. The minimum Gasteiger partial charge on any atom is -0.505 e. The lowest BCUT2D eigenvalue weighted by atomic mass is 10.0. The molecule has 0 spiro atoms. The number of hydrogen-bond acceptors (Lipinski definition) is 12. The van der Waals surface area contributed by atoms with Gasteiger partial charge in [0.05, 0.1) is 12.6 Å². The van der Waals surface area contributed by atoms with Crippen molar-refractivity contribution in [3.05, 3.63) is 59.9 Å². The Hall–Kier alpha value is -6.11. The molecule has 7 amide bonds. The number of aromatic nitrogens is 1. The van der Waals surface area contributed by atoms with Gasteiger partial charge in [-0.05, 0) is 56.2 Å². The average Bonchev–Trinajstić information content (AvgIpc) is 3.61. The molecule has 1 aromatic heterocycles. The van der Waals surface area contributed by atoms with Crippen molar-refractivity contribution < 1.29 is 53.3 Å². The van der Waals surface area contributed by atoms with Crippen molar-refractivity contribution in [2.75, 3.05) is 34.2 Å². The number of nitrogens with zero attached hydrogens (tertiary/aromatic N) is 5. The third-order valence-electron chi connectivity index (χ3n) is 10.9. The number of rotatable bonds is 7. The van der Waals surface area contributed by atoms with Gasteiger partial charge in [-0.25, -0.2) is 9.78 Å². The fourth-order valence-corrected chi connectivity index (χ4v) is 7.60. The summed E-state index contributed by atoms with van der Waals surface area (Å²) < 4.78 is 5.89. The quantitative estimate of drug-likeness (QED) is 0.237. The minimum atomic E-state index is -1.74. The van der Waals surface area contributed by atoms with Crippen LogP contribution in [-0.2, 0) is 38.3 Å². The Morgan fingerprint density at radius 2 is 1.50 bits per heavy atom. The van der Waals surface area contributed by atoms with E-state index in [2.05, 4.69) is 20.9 Å². The first-order chi connectivity index (χ1) is 29.1. The molecule has 2 saturated heterocycles. The molecule has 0 saturated carbocycles. The first kappa shape index (κ1) is 48.6. The number of likely N-dealkylation sites (N-methyl/N-ethyl adjacent to an activating group) is 3. The van der Waals surface area contributed by atoms with Gasteiger partial charge in [-0.15, -0.1) is 0 Å². The number of fused-ring (bicyclic) bond motifs is 1. The second kappa shape index (κ2) is 21.1. The number of aliphatic hydroxyl groups is 1. The molecule has 2 aromatic rings. The van der Waals surface area contributed by atoms with Gasteiger partial charge in [0, 0.05) is 40.3 Å². The Morgan fingerprint density at radius 3 is 2.11 bits per heavy atom.